The van der Waals surface area contributed by atoms with E-state index in [4.69, 9.17) is 16.3 Å². The lowest BCUT2D eigenvalue weighted by atomic mass is 9.98. The Labute approximate surface area is 270 Å². The van der Waals surface area contributed by atoms with Gasteiger partial charge in [-0.3, -0.25) is 14.6 Å². The van der Waals surface area contributed by atoms with E-state index < -0.39 is 0 Å². The summed E-state index contributed by atoms with van der Waals surface area (Å²) in [6.45, 7) is 15.1. The summed E-state index contributed by atoms with van der Waals surface area (Å²) < 4.78 is 5.38. The minimum atomic E-state index is -0.212. The third kappa shape index (κ3) is 12.6. The van der Waals surface area contributed by atoms with Gasteiger partial charge in [-0.05, 0) is 49.7 Å². The molecule has 1 atom stereocenters. The van der Waals surface area contributed by atoms with Crippen LogP contribution in [0.5, 0.6) is 0 Å². The van der Waals surface area contributed by atoms with E-state index in [0.29, 0.717) is 6.61 Å². The van der Waals surface area contributed by atoms with Crippen LogP contribution in [0.2, 0.25) is 5.02 Å². The molecule has 2 aromatic rings. The number of nitrogens with zero attached hydrogens (tertiary/aromatic N) is 4. The molecule has 0 amide bonds. The zero-order valence-corrected chi connectivity index (χ0v) is 27.3. The van der Waals surface area contributed by atoms with Gasteiger partial charge in [0.25, 0.3) is 0 Å². The topological polar surface area (TPSA) is 39.3 Å². The van der Waals surface area contributed by atoms with Crippen LogP contribution in [0.25, 0.3) is 0 Å². The lowest BCUT2D eigenvalue weighted by molar-refractivity contribution is -0.145. The summed E-state index contributed by atoms with van der Waals surface area (Å²) in [6, 6.07) is 18.3. The van der Waals surface area contributed by atoms with E-state index in [1.165, 1.54) is 18.5 Å². The molecule has 2 heterocycles. The van der Waals surface area contributed by atoms with Gasteiger partial charge in [-0.25, -0.2) is 0 Å². The summed E-state index contributed by atoms with van der Waals surface area (Å²) in [5.74, 6) is -0.324. The van der Waals surface area contributed by atoms with Crippen molar-refractivity contribution in [3.63, 3.8) is 0 Å². The van der Waals surface area contributed by atoms with Crippen molar-refractivity contribution in [1.82, 2.24) is 19.6 Å². The molecule has 4 rings (SSSR count). The Morgan fingerprint density at radius 3 is 1.77 bits per heavy atom. The molecular formula is C29H45Cl5N4O2. The highest BCUT2D eigenvalue weighted by Gasteiger charge is 2.27. The van der Waals surface area contributed by atoms with Gasteiger partial charge in [0.15, 0.2) is 0 Å². The highest BCUT2D eigenvalue weighted by atomic mass is 35.5. The second-order valence-corrected chi connectivity index (χ2v) is 10.4. The van der Waals surface area contributed by atoms with Crippen molar-refractivity contribution in [3.05, 3.63) is 70.7 Å². The molecule has 0 spiro atoms. The predicted octanol–water partition coefficient (Wildman–Crippen LogP) is 5.50. The summed E-state index contributed by atoms with van der Waals surface area (Å²) in [5, 5.41) is 0.804. The molecule has 0 aromatic heterocycles. The maximum Gasteiger partial charge on any atom is 0.314 e. The predicted molar refractivity (Wildman–Crippen MR) is 175 cm³/mol. The van der Waals surface area contributed by atoms with Crippen LogP contribution in [0.15, 0.2) is 54.6 Å². The van der Waals surface area contributed by atoms with Crippen molar-refractivity contribution >= 4 is 67.2 Å². The monoisotopic (exact) mass is 656 g/mol. The average molecular weight is 659 g/mol. The second kappa shape index (κ2) is 21.0. The zero-order chi connectivity index (χ0) is 25.2. The maximum absolute atomic E-state index is 12.6. The molecular weight excluding hydrogens is 614 g/mol. The Morgan fingerprint density at radius 1 is 0.750 bits per heavy atom. The van der Waals surface area contributed by atoms with Crippen molar-refractivity contribution in [2.75, 3.05) is 78.6 Å². The summed E-state index contributed by atoms with van der Waals surface area (Å²) in [5.41, 5.74) is 2.39. The third-order valence-corrected chi connectivity index (χ3v) is 7.66. The van der Waals surface area contributed by atoms with Crippen LogP contribution in [0.4, 0.5) is 0 Å². The van der Waals surface area contributed by atoms with Gasteiger partial charge in [-0.1, -0.05) is 54.1 Å². The van der Waals surface area contributed by atoms with Gasteiger partial charge >= 0.3 is 5.97 Å². The van der Waals surface area contributed by atoms with Gasteiger partial charge in [0.2, 0.25) is 0 Å². The van der Waals surface area contributed by atoms with Crippen LogP contribution in [0.3, 0.4) is 0 Å². The zero-order valence-electron chi connectivity index (χ0n) is 23.3. The normalized spacial score (nSPS) is 17.4. The maximum atomic E-state index is 12.6. The van der Waals surface area contributed by atoms with E-state index in [-0.39, 0.29) is 61.5 Å². The van der Waals surface area contributed by atoms with Crippen molar-refractivity contribution in [1.29, 1.82) is 0 Å². The fourth-order valence-corrected chi connectivity index (χ4v) is 5.36. The van der Waals surface area contributed by atoms with Crippen LogP contribution in [-0.2, 0) is 16.1 Å². The molecule has 228 valence electrons. The molecule has 0 bridgehead atoms. The Bertz CT molecular complexity index is 926. The van der Waals surface area contributed by atoms with Crippen LogP contribution in [-0.4, -0.2) is 104 Å². The molecule has 0 N–H and O–H groups in total. The first-order valence-corrected chi connectivity index (χ1v) is 13.8. The molecule has 2 aliphatic rings. The Morgan fingerprint density at radius 2 is 1.25 bits per heavy atom. The van der Waals surface area contributed by atoms with Crippen molar-refractivity contribution in [2.24, 2.45) is 0 Å². The molecule has 11 heteroatoms. The molecule has 2 saturated heterocycles. The van der Waals surface area contributed by atoms with Gasteiger partial charge in [0.1, 0.15) is 0 Å². The largest absolute Gasteiger partial charge is 0.465 e. The van der Waals surface area contributed by atoms with Crippen molar-refractivity contribution in [3.8, 4) is 0 Å². The van der Waals surface area contributed by atoms with Crippen LogP contribution < -0.4 is 0 Å². The molecule has 0 saturated carbocycles. The Balaban J connectivity index is 0.00000380. The van der Waals surface area contributed by atoms with Gasteiger partial charge in [-0.15, -0.1) is 49.6 Å². The summed E-state index contributed by atoms with van der Waals surface area (Å²) in [7, 11) is 0. The fourth-order valence-electron chi connectivity index (χ4n) is 5.23. The molecule has 0 radical (unpaired) electrons. The first-order valence-electron chi connectivity index (χ1n) is 13.5. The first-order chi connectivity index (χ1) is 17.6. The number of rotatable bonds is 11. The lowest BCUT2D eigenvalue weighted by Gasteiger charge is -2.37. The van der Waals surface area contributed by atoms with Crippen LogP contribution in [0, 0.1) is 0 Å². The number of carbonyl (C=O) groups is 1. The fraction of sp³-hybridized carbons (Fsp3) is 0.552. The van der Waals surface area contributed by atoms with E-state index in [9.17, 15) is 4.79 Å². The number of carbonyl (C=O) groups excluding carboxylic acids is 1. The van der Waals surface area contributed by atoms with E-state index in [0.717, 1.165) is 82.6 Å². The number of esters is 1. The van der Waals surface area contributed by atoms with E-state index in [1.54, 1.807) is 0 Å². The molecule has 6 nitrogen and oxygen atoms in total. The van der Waals surface area contributed by atoms with Crippen LogP contribution in [0.1, 0.15) is 30.4 Å². The summed E-state index contributed by atoms with van der Waals surface area (Å²) in [6.07, 6.45) is 1.21. The number of hydrogen-bond donors (Lipinski definition) is 0. The summed E-state index contributed by atoms with van der Waals surface area (Å²) >= 11 is 6.01. The van der Waals surface area contributed by atoms with Crippen molar-refractivity contribution in [2.45, 2.75) is 25.8 Å². The minimum Gasteiger partial charge on any atom is -0.465 e. The number of piperazine rings is 2. The third-order valence-electron chi connectivity index (χ3n) is 7.41. The van der Waals surface area contributed by atoms with Gasteiger partial charge in [0.05, 0.1) is 12.5 Å². The molecule has 2 fully saturated rings. The first kappa shape index (κ1) is 39.2. The van der Waals surface area contributed by atoms with E-state index >= 15 is 0 Å². The second-order valence-electron chi connectivity index (χ2n) is 9.96. The molecule has 2 aliphatic heterocycles. The number of halogens is 5. The highest BCUT2D eigenvalue weighted by Crippen LogP contribution is 2.20. The quantitative estimate of drug-likeness (QED) is 0.297. The van der Waals surface area contributed by atoms with Gasteiger partial charge in [-0.2, -0.15) is 0 Å². The Kier molecular flexibility index (Phi) is 20.6. The average Bonchev–Trinajstić information content (AvgIpc) is 2.91. The SMILES string of the molecule is CCOC(=O)C(CN1CCN(CCCN2CCN(Cc3ccc(Cl)cc3)CC2)CC1)c1ccccc1.Cl.Cl.Cl.Cl. The number of benzene rings is 2. The lowest BCUT2D eigenvalue weighted by Crippen LogP contribution is -2.49. The smallest absolute Gasteiger partial charge is 0.314 e. The minimum absolute atomic E-state index is 0. The number of hydrogen-bond acceptors (Lipinski definition) is 6. The van der Waals surface area contributed by atoms with Gasteiger partial charge < -0.3 is 14.5 Å². The molecule has 40 heavy (non-hydrogen) atoms. The molecule has 1 unspecified atom stereocenters. The highest BCUT2D eigenvalue weighted by molar-refractivity contribution is 6.30. The molecule has 2 aromatic carbocycles. The Hall–Kier alpha value is -0.800. The number of ether oxygens (including phenoxy) is 1. The molecule has 0 aliphatic carbocycles. The van der Waals surface area contributed by atoms with E-state index in [1.807, 2.05) is 49.4 Å². The summed E-state index contributed by atoms with van der Waals surface area (Å²) in [4.78, 5) is 22.8. The van der Waals surface area contributed by atoms with E-state index in [2.05, 4.69) is 31.7 Å². The van der Waals surface area contributed by atoms with Crippen LogP contribution >= 0.6 is 61.2 Å². The standard InChI is InChI=1S/C29H41ClN4O2.4ClH/c1-2-36-29(35)28(26-7-4-3-5-8-26)24-34-21-17-32(18-22-34)14-6-13-31-15-19-33(20-16-31)23-25-9-11-27(30)12-10-25;;;;/h3-5,7-12,28H,2,6,13-24H2,1H3;4*1H. The van der Waals surface area contributed by atoms with Gasteiger partial charge in [0, 0.05) is 70.5 Å². The van der Waals surface area contributed by atoms with Crippen molar-refractivity contribution < 1.29 is 9.53 Å².